The van der Waals surface area contributed by atoms with Gasteiger partial charge in [-0.15, -0.1) is 0 Å². The van der Waals surface area contributed by atoms with Crippen molar-refractivity contribution in [3.63, 3.8) is 0 Å². The summed E-state index contributed by atoms with van der Waals surface area (Å²) < 4.78 is 7.36. The first-order chi connectivity index (χ1) is 13.2. The first-order valence-corrected chi connectivity index (χ1v) is 9.68. The van der Waals surface area contributed by atoms with E-state index in [9.17, 15) is 9.59 Å². The van der Waals surface area contributed by atoms with Crippen molar-refractivity contribution in [2.45, 2.75) is 26.8 Å². The zero-order valence-electron chi connectivity index (χ0n) is 17.1. The Balaban J connectivity index is 2.00. The number of benzene rings is 1. The van der Waals surface area contributed by atoms with Crippen LogP contribution >= 0.6 is 11.6 Å². The number of aromatic nitrogens is 1. The first-order valence-electron chi connectivity index (χ1n) is 9.30. The highest BCUT2D eigenvalue weighted by atomic mass is 35.5. The molecule has 0 spiro atoms. The van der Waals surface area contributed by atoms with Crippen LogP contribution in [0.5, 0.6) is 0 Å². The zero-order valence-corrected chi connectivity index (χ0v) is 17.9. The molecule has 1 heterocycles. The quantitative estimate of drug-likeness (QED) is 0.628. The Hall–Kier alpha value is -2.15. The number of Topliss-reactive ketones (excluding diaryl/α,β-unsaturated/α-hetero) is 1. The highest BCUT2D eigenvalue weighted by Gasteiger charge is 2.22. The van der Waals surface area contributed by atoms with Crippen LogP contribution in [0.15, 0.2) is 30.3 Å². The summed E-state index contributed by atoms with van der Waals surface area (Å²) in [7, 11) is 3.50. The fraction of sp³-hybridized carbons (Fsp3) is 0.429. The third kappa shape index (κ3) is 5.44. The molecule has 0 saturated carbocycles. The predicted octanol–water partition coefficient (Wildman–Crippen LogP) is 2.30. The summed E-state index contributed by atoms with van der Waals surface area (Å²) in [6.45, 7) is 7.00. The van der Waals surface area contributed by atoms with Crippen LogP contribution in [0.1, 0.15) is 34.7 Å². The van der Waals surface area contributed by atoms with Crippen LogP contribution in [0.25, 0.3) is 0 Å². The van der Waals surface area contributed by atoms with Gasteiger partial charge in [0.25, 0.3) is 5.91 Å². The summed E-state index contributed by atoms with van der Waals surface area (Å²) in [6.07, 6.45) is 0. The van der Waals surface area contributed by atoms with Crippen molar-refractivity contribution in [3.05, 3.63) is 52.3 Å². The van der Waals surface area contributed by atoms with Gasteiger partial charge in [0.2, 0.25) is 5.78 Å². The molecule has 1 amide bonds. The van der Waals surface area contributed by atoms with Gasteiger partial charge < -0.3 is 19.5 Å². The Labute approximate surface area is 171 Å². The second-order valence-electron chi connectivity index (χ2n) is 7.22. The number of anilines is 1. The van der Waals surface area contributed by atoms with E-state index in [-0.39, 0.29) is 30.8 Å². The first kappa shape index (κ1) is 22.1. The molecular formula is C21H29ClN3O3+. The highest BCUT2D eigenvalue weighted by molar-refractivity contribution is 6.33. The van der Waals surface area contributed by atoms with E-state index in [0.29, 0.717) is 22.9 Å². The number of ketones is 1. The fourth-order valence-electron chi connectivity index (χ4n) is 3.52. The maximum absolute atomic E-state index is 12.8. The molecule has 0 aliphatic heterocycles. The van der Waals surface area contributed by atoms with E-state index in [2.05, 4.69) is 16.8 Å². The van der Waals surface area contributed by atoms with Gasteiger partial charge in [-0.25, -0.2) is 0 Å². The number of ether oxygens (including phenoxy) is 1. The molecule has 7 heteroatoms. The van der Waals surface area contributed by atoms with Gasteiger partial charge in [0.05, 0.1) is 30.4 Å². The molecule has 6 nitrogen and oxygen atoms in total. The van der Waals surface area contributed by atoms with Crippen LogP contribution < -0.4 is 10.2 Å². The number of amides is 1. The van der Waals surface area contributed by atoms with E-state index in [0.717, 1.165) is 16.3 Å². The van der Waals surface area contributed by atoms with Crippen molar-refractivity contribution in [2.24, 2.45) is 0 Å². The van der Waals surface area contributed by atoms with Gasteiger partial charge >= 0.3 is 0 Å². The lowest BCUT2D eigenvalue weighted by molar-refractivity contribution is -0.861. The number of para-hydroxylation sites is 1. The lowest BCUT2D eigenvalue weighted by Crippen LogP contribution is -3.11. The number of carbonyl (C=O) groups excluding carboxylic acids is 2. The average Bonchev–Trinajstić information content (AvgIpc) is 2.91. The van der Waals surface area contributed by atoms with Gasteiger partial charge in [-0.3, -0.25) is 9.59 Å². The number of nitrogens with zero attached hydrogens (tertiary/aromatic N) is 1. The molecule has 0 bridgehead atoms. The maximum atomic E-state index is 12.8. The van der Waals surface area contributed by atoms with Gasteiger partial charge in [-0.1, -0.05) is 23.7 Å². The number of likely N-dealkylation sites (N-methyl/N-ethyl adjacent to an activating group) is 1. The molecule has 1 aromatic carbocycles. The molecule has 0 fully saturated rings. The standard InChI is InChI=1S/C21H28ClN3O3/c1-14-10-17(16(3)25(14)15(2)13-28-5)20(26)11-24(4)12-21(27)23-19-9-7-6-8-18(19)22/h6-10,15H,11-13H2,1-5H3,(H,23,27)/p+1/t15-/m0/s1. The second-order valence-corrected chi connectivity index (χ2v) is 7.63. The lowest BCUT2D eigenvalue weighted by Gasteiger charge is -2.18. The van der Waals surface area contributed by atoms with Crippen LogP contribution in [0, 0.1) is 13.8 Å². The average molecular weight is 407 g/mol. The molecule has 2 rings (SSSR count). The third-order valence-electron chi connectivity index (χ3n) is 4.71. The normalized spacial score (nSPS) is 13.2. The molecule has 0 saturated heterocycles. The summed E-state index contributed by atoms with van der Waals surface area (Å²) >= 11 is 6.06. The molecule has 2 N–H and O–H groups in total. The van der Waals surface area contributed by atoms with Crippen LogP contribution in [0.4, 0.5) is 5.69 Å². The number of hydrogen-bond acceptors (Lipinski definition) is 3. The monoisotopic (exact) mass is 406 g/mol. The lowest BCUT2D eigenvalue weighted by atomic mass is 10.1. The van der Waals surface area contributed by atoms with Gasteiger partial charge in [-0.05, 0) is 39.0 Å². The number of hydrogen-bond donors (Lipinski definition) is 2. The Kier molecular flexibility index (Phi) is 7.80. The summed E-state index contributed by atoms with van der Waals surface area (Å²) in [5.41, 5.74) is 3.23. The molecular weight excluding hydrogens is 378 g/mol. The zero-order chi connectivity index (χ0) is 20.8. The minimum absolute atomic E-state index is 0.0204. The summed E-state index contributed by atoms with van der Waals surface area (Å²) in [6, 6.07) is 9.15. The molecule has 2 aromatic rings. The van der Waals surface area contributed by atoms with E-state index >= 15 is 0 Å². The van der Waals surface area contributed by atoms with Gasteiger partial charge in [0.15, 0.2) is 6.54 Å². The summed E-state index contributed by atoms with van der Waals surface area (Å²) in [4.78, 5) is 25.9. The highest BCUT2D eigenvalue weighted by Crippen LogP contribution is 2.21. The molecule has 1 aromatic heterocycles. The Morgan fingerprint density at radius 3 is 2.57 bits per heavy atom. The number of halogens is 1. The van der Waals surface area contributed by atoms with E-state index in [4.69, 9.17) is 16.3 Å². The van der Waals surface area contributed by atoms with E-state index in [1.54, 1.807) is 25.3 Å². The minimum atomic E-state index is -0.183. The van der Waals surface area contributed by atoms with E-state index in [1.165, 1.54) is 0 Å². The van der Waals surface area contributed by atoms with E-state index < -0.39 is 0 Å². The molecule has 0 aliphatic rings. The number of rotatable bonds is 9. The minimum Gasteiger partial charge on any atom is -0.383 e. The predicted molar refractivity (Wildman–Crippen MR) is 112 cm³/mol. The fourth-order valence-corrected chi connectivity index (χ4v) is 3.70. The summed E-state index contributed by atoms with van der Waals surface area (Å²) in [5, 5.41) is 3.27. The topological polar surface area (TPSA) is 64.8 Å². The van der Waals surface area contributed by atoms with Gasteiger partial charge in [0, 0.05) is 24.1 Å². The number of aryl methyl sites for hydroxylation is 1. The maximum Gasteiger partial charge on any atom is 0.279 e. The van der Waals surface area contributed by atoms with Crippen LogP contribution in [-0.2, 0) is 9.53 Å². The molecule has 2 atom stereocenters. The number of carbonyl (C=O) groups is 2. The van der Waals surface area contributed by atoms with Crippen molar-refractivity contribution in [2.75, 3.05) is 39.2 Å². The van der Waals surface area contributed by atoms with Crippen LogP contribution in [-0.4, -0.2) is 50.1 Å². The smallest absolute Gasteiger partial charge is 0.279 e. The van der Waals surface area contributed by atoms with Crippen molar-refractivity contribution >= 4 is 29.0 Å². The SMILES string of the molecule is COC[C@H](C)n1c(C)cc(C(=O)C[NH+](C)CC(=O)Nc2ccccc2Cl)c1C. The third-order valence-corrected chi connectivity index (χ3v) is 5.04. The molecule has 1 unspecified atom stereocenters. The van der Waals surface area contributed by atoms with Crippen LogP contribution in [0.3, 0.4) is 0 Å². The van der Waals surface area contributed by atoms with Crippen molar-refractivity contribution in [1.82, 2.24) is 4.57 Å². The molecule has 28 heavy (non-hydrogen) atoms. The number of methoxy groups -OCH3 is 1. The van der Waals surface area contributed by atoms with E-state index in [1.807, 2.05) is 33.0 Å². The second kappa shape index (κ2) is 9.87. The van der Waals surface area contributed by atoms with Gasteiger partial charge in [-0.2, -0.15) is 0 Å². The van der Waals surface area contributed by atoms with Crippen molar-refractivity contribution in [3.8, 4) is 0 Å². The Morgan fingerprint density at radius 2 is 1.93 bits per heavy atom. The van der Waals surface area contributed by atoms with Crippen molar-refractivity contribution in [1.29, 1.82) is 0 Å². The van der Waals surface area contributed by atoms with Gasteiger partial charge in [0.1, 0.15) is 6.54 Å². The largest absolute Gasteiger partial charge is 0.383 e. The van der Waals surface area contributed by atoms with Crippen molar-refractivity contribution < 1.29 is 19.2 Å². The molecule has 0 aliphatic carbocycles. The number of quaternary nitrogens is 1. The molecule has 0 radical (unpaired) electrons. The summed E-state index contributed by atoms with van der Waals surface area (Å²) in [5.74, 6) is -0.162. The Bertz CT molecular complexity index is 847. The number of nitrogens with one attached hydrogen (secondary N) is 2. The Morgan fingerprint density at radius 1 is 1.25 bits per heavy atom. The molecule has 152 valence electrons. The van der Waals surface area contributed by atoms with Crippen LogP contribution in [0.2, 0.25) is 5.02 Å².